The van der Waals surface area contributed by atoms with Crippen LogP contribution in [0.4, 0.5) is 5.69 Å². The summed E-state index contributed by atoms with van der Waals surface area (Å²) in [5, 5.41) is 11.0. The Balaban J connectivity index is 1.60. The number of hydrogen-bond acceptors (Lipinski definition) is 7. The van der Waals surface area contributed by atoms with E-state index < -0.39 is 23.3 Å². The molecule has 3 rings (SSSR count). The molecule has 0 amide bonds. The Morgan fingerprint density at radius 2 is 1.86 bits per heavy atom. The molecule has 8 nitrogen and oxygen atoms in total. The van der Waals surface area contributed by atoms with E-state index in [9.17, 15) is 19.7 Å². The van der Waals surface area contributed by atoms with E-state index in [-0.39, 0.29) is 11.3 Å². The molecule has 0 atom stereocenters. The summed E-state index contributed by atoms with van der Waals surface area (Å²) in [6, 6.07) is 10.8. The van der Waals surface area contributed by atoms with Crippen LogP contribution in [0.3, 0.4) is 0 Å². The van der Waals surface area contributed by atoms with Crippen molar-refractivity contribution in [3.05, 3.63) is 69.8 Å². The lowest BCUT2D eigenvalue weighted by molar-refractivity contribution is -0.385. The topological polar surface area (TPSA) is 105 Å². The molecular formula is C20H17NO7. The van der Waals surface area contributed by atoms with Crippen molar-refractivity contribution in [2.45, 2.75) is 6.42 Å². The van der Waals surface area contributed by atoms with Crippen LogP contribution in [0.1, 0.15) is 22.3 Å². The lowest BCUT2D eigenvalue weighted by Gasteiger charge is -2.08. The predicted octanol–water partition coefficient (Wildman–Crippen LogP) is 3.20. The molecule has 0 aromatic heterocycles. The molecule has 0 bridgehead atoms. The average Bonchev–Trinajstić information content (AvgIpc) is 2.95. The smallest absolute Gasteiger partial charge is 0.331 e. The molecule has 2 aromatic carbocycles. The number of Topliss-reactive ketones (excluding diaryl/α,β-unsaturated/α-hetero) is 1. The maximum Gasteiger partial charge on any atom is 0.331 e. The van der Waals surface area contributed by atoms with E-state index >= 15 is 0 Å². The van der Waals surface area contributed by atoms with Crippen LogP contribution in [0.2, 0.25) is 0 Å². The first kappa shape index (κ1) is 19.1. The van der Waals surface area contributed by atoms with Crippen molar-refractivity contribution in [1.82, 2.24) is 0 Å². The fraction of sp³-hybridized carbons (Fsp3) is 0.200. The molecule has 0 N–H and O–H groups in total. The number of nitro groups is 1. The first-order valence-electron chi connectivity index (χ1n) is 8.56. The third-order valence-electron chi connectivity index (χ3n) is 3.95. The van der Waals surface area contributed by atoms with Gasteiger partial charge in [0.25, 0.3) is 5.69 Å². The van der Waals surface area contributed by atoms with Gasteiger partial charge in [-0.25, -0.2) is 4.79 Å². The van der Waals surface area contributed by atoms with E-state index in [1.165, 1.54) is 24.3 Å². The van der Waals surface area contributed by atoms with Gasteiger partial charge in [-0.05, 0) is 30.3 Å². The molecule has 0 saturated carbocycles. The van der Waals surface area contributed by atoms with Crippen LogP contribution in [0, 0.1) is 10.1 Å². The Kier molecular flexibility index (Phi) is 6.01. The zero-order valence-corrected chi connectivity index (χ0v) is 14.8. The normalized spacial score (nSPS) is 13.0. The molecule has 1 heterocycles. The maximum absolute atomic E-state index is 12.3. The van der Waals surface area contributed by atoms with Crippen LogP contribution in [-0.2, 0) is 9.53 Å². The van der Waals surface area contributed by atoms with E-state index in [0.717, 1.165) is 12.5 Å². The van der Waals surface area contributed by atoms with Gasteiger partial charge in [0, 0.05) is 24.1 Å². The molecule has 1 aliphatic rings. The molecule has 144 valence electrons. The minimum Gasteiger partial charge on any atom is -0.490 e. The second kappa shape index (κ2) is 8.81. The van der Waals surface area contributed by atoms with Gasteiger partial charge in [0.1, 0.15) is 0 Å². The molecule has 1 aliphatic heterocycles. The van der Waals surface area contributed by atoms with Gasteiger partial charge in [0.05, 0.1) is 23.7 Å². The van der Waals surface area contributed by atoms with Crippen LogP contribution >= 0.6 is 0 Å². The van der Waals surface area contributed by atoms with Gasteiger partial charge >= 0.3 is 5.97 Å². The lowest BCUT2D eigenvalue weighted by Crippen LogP contribution is -2.12. The van der Waals surface area contributed by atoms with E-state index in [2.05, 4.69) is 0 Å². The van der Waals surface area contributed by atoms with Crippen molar-refractivity contribution < 1.29 is 28.7 Å². The van der Waals surface area contributed by atoms with E-state index in [4.69, 9.17) is 14.2 Å². The molecule has 0 unspecified atom stereocenters. The number of esters is 1. The highest BCUT2D eigenvalue weighted by molar-refractivity contribution is 5.99. The fourth-order valence-electron chi connectivity index (χ4n) is 2.56. The van der Waals surface area contributed by atoms with Crippen molar-refractivity contribution in [3.8, 4) is 11.5 Å². The summed E-state index contributed by atoms with van der Waals surface area (Å²) in [7, 11) is 0. The molecule has 0 spiro atoms. The van der Waals surface area contributed by atoms with Crippen LogP contribution < -0.4 is 9.47 Å². The highest BCUT2D eigenvalue weighted by Gasteiger charge is 2.15. The quantitative estimate of drug-likeness (QED) is 0.248. The second-order valence-corrected chi connectivity index (χ2v) is 5.89. The molecule has 0 radical (unpaired) electrons. The SMILES string of the molecule is O=C(/C=C/c1ccccc1[N+](=O)[O-])OCC(=O)c1ccc2c(c1)OCCCO2. The summed E-state index contributed by atoms with van der Waals surface area (Å²) in [5.74, 6) is -0.131. The number of carbonyl (C=O) groups is 2. The first-order chi connectivity index (χ1) is 13.5. The minimum absolute atomic E-state index is 0.130. The van der Waals surface area contributed by atoms with Crippen molar-refractivity contribution in [1.29, 1.82) is 0 Å². The summed E-state index contributed by atoms with van der Waals surface area (Å²) in [4.78, 5) is 34.5. The molecule has 0 saturated heterocycles. The maximum atomic E-state index is 12.3. The number of para-hydroxylation sites is 1. The Labute approximate surface area is 160 Å². The Hall–Kier alpha value is -3.68. The van der Waals surface area contributed by atoms with Crippen molar-refractivity contribution in [3.63, 3.8) is 0 Å². The molecule has 0 fully saturated rings. The van der Waals surface area contributed by atoms with E-state index in [1.54, 1.807) is 24.3 Å². The summed E-state index contributed by atoms with van der Waals surface area (Å²) in [5.41, 5.74) is 0.466. The van der Waals surface area contributed by atoms with E-state index in [1.807, 2.05) is 0 Å². The van der Waals surface area contributed by atoms with Gasteiger partial charge < -0.3 is 14.2 Å². The number of nitro benzene ring substituents is 1. The molecule has 28 heavy (non-hydrogen) atoms. The summed E-state index contributed by atoms with van der Waals surface area (Å²) >= 11 is 0. The van der Waals surface area contributed by atoms with Gasteiger partial charge in [-0.3, -0.25) is 14.9 Å². The Morgan fingerprint density at radius 1 is 1.11 bits per heavy atom. The predicted molar refractivity (Wildman–Crippen MR) is 99.5 cm³/mol. The average molecular weight is 383 g/mol. The zero-order chi connectivity index (χ0) is 19.9. The number of nitrogens with zero attached hydrogens (tertiary/aromatic N) is 1. The molecule has 8 heteroatoms. The van der Waals surface area contributed by atoms with Gasteiger partial charge in [0.2, 0.25) is 0 Å². The minimum atomic E-state index is -0.777. The van der Waals surface area contributed by atoms with Crippen LogP contribution in [0.25, 0.3) is 6.08 Å². The molecular weight excluding hydrogens is 366 g/mol. The summed E-state index contributed by atoms with van der Waals surface area (Å²) in [6.45, 7) is 0.583. The number of hydrogen-bond donors (Lipinski definition) is 0. The highest BCUT2D eigenvalue weighted by atomic mass is 16.6. The standard InChI is InChI=1S/C20H17NO7/c22-17(15-6-8-18-19(12-15)27-11-3-10-26-18)13-28-20(23)9-7-14-4-1-2-5-16(14)21(24)25/h1-2,4-9,12H,3,10-11,13H2/b9-7+. The number of benzene rings is 2. The number of ether oxygens (including phenoxy) is 3. The third kappa shape index (κ3) is 4.73. The Bertz CT molecular complexity index is 936. The van der Waals surface area contributed by atoms with Crippen LogP contribution in [-0.4, -0.2) is 36.5 Å². The van der Waals surface area contributed by atoms with Crippen LogP contribution in [0.15, 0.2) is 48.5 Å². The van der Waals surface area contributed by atoms with Gasteiger partial charge in [-0.15, -0.1) is 0 Å². The third-order valence-corrected chi connectivity index (χ3v) is 3.95. The zero-order valence-electron chi connectivity index (χ0n) is 14.8. The molecule has 0 aliphatic carbocycles. The summed E-state index contributed by atoms with van der Waals surface area (Å²) in [6.07, 6.45) is 3.07. The monoisotopic (exact) mass is 383 g/mol. The Morgan fingerprint density at radius 3 is 2.64 bits per heavy atom. The number of carbonyl (C=O) groups excluding carboxylic acids is 2. The van der Waals surface area contributed by atoms with Gasteiger partial charge in [-0.2, -0.15) is 0 Å². The number of fused-ring (bicyclic) bond motifs is 1. The van der Waals surface area contributed by atoms with Gasteiger partial charge in [-0.1, -0.05) is 12.1 Å². The summed E-state index contributed by atoms with van der Waals surface area (Å²) < 4.78 is 16.0. The molecule has 2 aromatic rings. The highest BCUT2D eigenvalue weighted by Crippen LogP contribution is 2.30. The largest absolute Gasteiger partial charge is 0.490 e. The van der Waals surface area contributed by atoms with Crippen molar-refractivity contribution >= 4 is 23.5 Å². The fourth-order valence-corrected chi connectivity index (χ4v) is 2.56. The van der Waals surface area contributed by atoms with E-state index in [0.29, 0.717) is 30.3 Å². The number of ketones is 1. The van der Waals surface area contributed by atoms with Crippen molar-refractivity contribution in [2.75, 3.05) is 19.8 Å². The number of rotatable bonds is 6. The lowest BCUT2D eigenvalue weighted by atomic mass is 10.1. The van der Waals surface area contributed by atoms with Crippen molar-refractivity contribution in [2.24, 2.45) is 0 Å². The second-order valence-electron chi connectivity index (χ2n) is 5.89. The first-order valence-corrected chi connectivity index (χ1v) is 8.56. The van der Waals surface area contributed by atoms with Gasteiger partial charge in [0.15, 0.2) is 23.9 Å². The van der Waals surface area contributed by atoms with Crippen LogP contribution in [0.5, 0.6) is 11.5 Å².